The average Bonchev–Trinajstić information content (AvgIpc) is 3.14. The maximum atomic E-state index is 13.7. The predicted octanol–water partition coefficient (Wildman–Crippen LogP) is 3.82. The van der Waals surface area contributed by atoms with E-state index in [1.165, 1.54) is 24.3 Å². The van der Waals surface area contributed by atoms with E-state index in [0.29, 0.717) is 10.2 Å². The van der Waals surface area contributed by atoms with Crippen molar-refractivity contribution in [3.63, 3.8) is 0 Å². The van der Waals surface area contributed by atoms with Gasteiger partial charge in [0.1, 0.15) is 5.82 Å². The molecule has 0 unspecified atom stereocenters. The molecule has 0 bridgehead atoms. The lowest BCUT2D eigenvalue weighted by molar-refractivity contribution is -0.143. The lowest BCUT2D eigenvalue weighted by atomic mass is 10.1. The van der Waals surface area contributed by atoms with Gasteiger partial charge in [0.15, 0.2) is 11.4 Å². The molecule has 0 aliphatic heterocycles. The fourth-order valence-corrected chi connectivity index (χ4v) is 2.69. The maximum Gasteiger partial charge on any atom is 0.435 e. The van der Waals surface area contributed by atoms with Crippen molar-refractivity contribution >= 4 is 17.5 Å². The molecule has 0 aliphatic rings. The van der Waals surface area contributed by atoms with E-state index in [4.69, 9.17) is 0 Å². The normalized spacial score (nSPS) is 11.5. The van der Waals surface area contributed by atoms with Crippen LogP contribution in [0.3, 0.4) is 0 Å². The Bertz CT molecular complexity index is 1090. The smallest absolute Gasteiger partial charge is 0.350 e. The number of carbonyl (C=O) groups excluding carboxylic acids is 2. The molecule has 1 aromatic heterocycles. The van der Waals surface area contributed by atoms with Crippen LogP contribution in [0.1, 0.15) is 40.4 Å². The molecule has 0 saturated carbocycles. The molecular formula is C20H17F4N5O2. The van der Waals surface area contributed by atoms with Crippen LogP contribution in [0.25, 0.3) is 5.69 Å². The summed E-state index contributed by atoms with van der Waals surface area (Å²) >= 11 is 0. The molecule has 0 aliphatic carbocycles. The number of alkyl halides is 3. The molecular weight excluding hydrogens is 418 g/mol. The highest BCUT2D eigenvalue weighted by atomic mass is 19.4. The molecule has 0 spiro atoms. The first-order valence-corrected chi connectivity index (χ1v) is 9.07. The van der Waals surface area contributed by atoms with Crippen molar-refractivity contribution in [1.82, 2.24) is 20.3 Å². The Morgan fingerprint density at radius 1 is 0.968 bits per heavy atom. The number of benzene rings is 2. The van der Waals surface area contributed by atoms with Crippen molar-refractivity contribution in [3.8, 4) is 5.69 Å². The van der Waals surface area contributed by atoms with Crippen LogP contribution in [0.15, 0.2) is 48.5 Å². The van der Waals surface area contributed by atoms with E-state index < -0.39 is 29.3 Å². The highest BCUT2D eigenvalue weighted by molar-refractivity contribution is 6.04. The van der Waals surface area contributed by atoms with E-state index in [1.54, 1.807) is 13.8 Å². The quantitative estimate of drug-likeness (QED) is 0.597. The van der Waals surface area contributed by atoms with Gasteiger partial charge in [-0.15, -0.1) is 5.10 Å². The number of halogens is 4. The Labute approximate surface area is 174 Å². The zero-order chi connectivity index (χ0) is 22.8. The molecule has 31 heavy (non-hydrogen) atoms. The Hall–Kier alpha value is -3.76. The maximum absolute atomic E-state index is 13.7. The Kier molecular flexibility index (Phi) is 6.04. The molecule has 0 fully saturated rings. The van der Waals surface area contributed by atoms with Crippen molar-refractivity contribution in [3.05, 3.63) is 71.3 Å². The third-order valence-electron chi connectivity index (χ3n) is 4.05. The zero-order valence-corrected chi connectivity index (χ0v) is 16.4. The second-order valence-electron chi connectivity index (χ2n) is 6.83. The fraction of sp³-hybridized carbons (Fsp3) is 0.200. The van der Waals surface area contributed by atoms with Crippen LogP contribution in [0.4, 0.5) is 23.2 Å². The molecule has 11 heteroatoms. The number of anilines is 1. The van der Waals surface area contributed by atoms with Crippen molar-refractivity contribution < 1.29 is 27.2 Å². The molecule has 0 atom stereocenters. The summed E-state index contributed by atoms with van der Waals surface area (Å²) in [6, 6.07) is 9.64. The summed E-state index contributed by atoms with van der Waals surface area (Å²) in [5.74, 6) is -2.10. The first-order valence-electron chi connectivity index (χ1n) is 9.07. The lowest BCUT2D eigenvalue weighted by Gasteiger charge is -2.12. The van der Waals surface area contributed by atoms with Crippen molar-refractivity contribution in [2.75, 3.05) is 5.32 Å². The standard InChI is InChI=1S/C20H17F4N5O2/c1-11(2)25-18(30)12-3-7-14(8-4-12)26-19(31)16-17(20(22,23)24)29(28-27-16)15-9-5-13(21)6-10-15/h3-11H,1-2H3,(H,25,30)(H,26,31). The van der Waals surface area contributed by atoms with Crippen LogP contribution in [-0.2, 0) is 6.18 Å². The number of hydrogen-bond acceptors (Lipinski definition) is 4. The van der Waals surface area contributed by atoms with E-state index in [9.17, 15) is 27.2 Å². The van der Waals surface area contributed by atoms with Gasteiger partial charge in [-0.3, -0.25) is 9.59 Å². The molecule has 2 aromatic carbocycles. The van der Waals surface area contributed by atoms with Gasteiger partial charge < -0.3 is 10.6 Å². The minimum absolute atomic E-state index is 0.0728. The first kappa shape index (κ1) is 21.9. The van der Waals surface area contributed by atoms with Crippen LogP contribution in [0, 0.1) is 5.82 Å². The van der Waals surface area contributed by atoms with Crippen molar-refractivity contribution in [1.29, 1.82) is 0 Å². The lowest BCUT2D eigenvalue weighted by Crippen LogP contribution is -2.30. The fourth-order valence-electron chi connectivity index (χ4n) is 2.69. The largest absolute Gasteiger partial charge is 0.435 e. The van der Waals surface area contributed by atoms with Gasteiger partial charge in [-0.05, 0) is 62.4 Å². The van der Waals surface area contributed by atoms with E-state index in [0.717, 1.165) is 24.3 Å². The monoisotopic (exact) mass is 435 g/mol. The number of amides is 2. The summed E-state index contributed by atoms with van der Waals surface area (Å²) in [6.07, 6.45) is -4.96. The number of nitrogens with zero attached hydrogens (tertiary/aromatic N) is 3. The Morgan fingerprint density at radius 3 is 2.13 bits per heavy atom. The first-order chi connectivity index (χ1) is 14.6. The Morgan fingerprint density at radius 2 is 1.58 bits per heavy atom. The van der Waals surface area contributed by atoms with Crippen molar-refractivity contribution in [2.45, 2.75) is 26.1 Å². The molecule has 0 radical (unpaired) electrons. The molecule has 3 rings (SSSR count). The highest BCUT2D eigenvalue weighted by Gasteiger charge is 2.42. The van der Waals surface area contributed by atoms with Gasteiger partial charge in [0, 0.05) is 17.3 Å². The molecule has 0 saturated heterocycles. The molecule has 1 heterocycles. The molecule has 3 aromatic rings. The van der Waals surface area contributed by atoms with Gasteiger partial charge in [0.2, 0.25) is 0 Å². The van der Waals surface area contributed by atoms with E-state index >= 15 is 0 Å². The minimum Gasteiger partial charge on any atom is -0.350 e. The summed E-state index contributed by atoms with van der Waals surface area (Å²) in [5, 5.41) is 11.8. The van der Waals surface area contributed by atoms with Gasteiger partial charge in [0.05, 0.1) is 5.69 Å². The van der Waals surface area contributed by atoms with Gasteiger partial charge in [-0.1, -0.05) is 5.21 Å². The summed E-state index contributed by atoms with van der Waals surface area (Å²) < 4.78 is 54.5. The predicted molar refractivity (Wildman–Crippen MR) is 103 cm³/mol. The third kappa shape index (κ3) is 5.05. The van der Waals surface area contributed by atoms with Crippen LogP contribution in [0.5, 0.6) is 0 Å². The second-order valence-corrected chi connectivity index (χ2v) is 6.83. The van der Waals surface area contributed by atoms with Gasteiger partial charge >= 0.3 is 6.18 Å². The van der Waals surface area contributed by atoms with Gasteiger partial charge in [0.25, 0.3) is 11.8 Å². The van der Waals surface area contributed by atoms with E-state index in [2.05, 4.69) is 20.9 Å². The number of aromatic nitrogens is 3. The molecule has 7 nitrogen and oxygen atoms in total. The SMILES string of the molecule is CC(C)NC(=O)c1ccc(NC(=O)c2nnn(-c3ccc(F)cc3)c2C(F)(F)F)cc1. The summed E-state index contributed by atoms with van der Waals surface area (Å²) in [5.41, 5.74) is -1.97. The average molecular weight is 435 g/mol. The number of carbonyl (C=O) groups is 2. The van der Waals surface area contributed by atoms with Gasteiger partial charge in [-0.25, -0.2) is 9.07 Å². The Balaban J connectivity index is 1.87. The summed E-state index contributed by atoms with van der Waals surface area (Å²) in [7, 11) is 0. The minimum atomic E-state index is -4.96. The zero-order valence-electron chi connectivity index (χ0n) is 16.4. The van der Waals surface area contributed by atoms with E-state index in [1.807, 2.05) is 0 Å². The van der Waals surface area contributed by atoms with E-state index in [-0.39, 0.29) is 23.3 Å². The second kappa shape index (κ2) is 8.54. The molecule has 2 amide bonds. The van der Waals surface area contributed by atoms with Crippen LogP contribution in [0.2, 0.25) is 0 Å². The number of rotatable bonds is 5. The van der Waals surface area contributed by atoms with Crippen LogP contribution >= 0.6 is 0 Å². The summed E-state index contributed by atoms with van der Waals surface area (Å²) in [6.45, 7) is 3.59. The highest BCUT2D eigenvalue weighted by Crippen LogP contribution is 2.33. The third-order valence-corrected chi connectivity index (χ3v) is 4.05. The molecule has 2 N–H and O–H groups in total. The topological polar surface area (TPSA) is 88.9 Å². The van der Waals surface area contributed by atoms with Crippen LogP contribution in [-0.4, -0.2) is 32.9 Å². The van der Waals surface area contributed by atoms with Crippen molar-refractivity contribution in [2.24, 2.45) is 0 Å². The number of hydrogen-bond donors (Lipinski definition) is 2. The summed E-state index contributed by atoms with van der Waals surface area (Å²) in [4.78, 5) is 24.4. The van der Waals surface area contributed by atoms with Gasteiger partial charge in [-0.2, -0.15) is 13.2 Å². The molecule has 162 valence electrons. The number of nitrogens with one attached hydrogen (secondary N) is 2. The van der Waals surface area contributed by atoms with Crippen LogP contribution < -0.4 is 10.6 Å².